The molecule has 5 nitrogen and oxygen atoms in total. The molecule has 0 heterocycles. The molecule has 2 amide bonds. The van der Waals surface area contributed by atoms with Gasteiger partial charge in [0.15, 0.2) is 0 Å². The highest BCUT2D eigenvalue weighted by Crippen LogP contribution is 1.80. The maximum atomic E-state index is 11.2. The van der Waals surface area contributed by atoms with Crippen molar-refractivity contribution in [2.45, 2.75) is 32.9 Å². The van der Waals surface area contributed by atoms with Gasteiger partial charge in [0.2, 0.25) is 11.8 Å². The summed E-state index contributed by atoms with van der Waals surface area (Å²) in [6, 6.07) is -0.178. The van der Waals surface area contributed by atoms with Crippen molar-refractivity contribution in [2.24, 2.45) is 0 Å². The fourth-order valence-corrected chi connectivity index (χ4v) is 0.825. The highest BCUT2D eigenvalue weighted by atomic mass is 16.2. The summed E-state index contributed by atoms with van der Waals surface area (Å²) in [6.45, 7) is 5.50. The van der Waals surface area contributed by atoms with Crippen LogP contribution in [0.5, 0.6) is 0 Å². The molecule has 0 aliphatic heterocycles. The van der Waals surface area contributed by atoms with Crippen molar-refractivity contribution in [1.29, 1.82) is 0 Å². The summed E-state index contributed by atoms with van der Waals surface area (Å²) >= 11 is 0. The first-order valence-corrected chi connectivity index (χ1v) is 4.71. The summed E-state index contributed by atoms with van der Waals surface area (Å²) in [7, 11) is 1.69. The van der Waals surface area contributed by atoms with Gasteiger partial charge in [-0.1, -0.05) is 0 Å². The molecule has 0 aliphatic rings. The number of nitrogens with one attached hydrogen (secondary N) is 3. The molecule has 3 N–H and O–H groups in total. The smallest absolute Gasteiger partial charge is 0.239 e. The van der Waals surface area contributed by atoms with Gasteiger partial charge in [-0.25, -0.2) is 0 Å². The SMILES string of the molecule is CNC(C)C(=O)NCC(=O)NC(C)C. The molecule has 0 aromatic heterocycles. The van der Waals surface area contributed by atoms with Crippen LogP contribution in [-0.2, 0) is 9.59 Å². The molecule has 0 spiro atoms. The van der Waals surface area contributed by atoms with Gasteiger partial charge in [-0.2, -0.15) is 0 Å². The zero-order chi connectivity index (χ0) is 11.1. The lowest BCUT2D eigenvalue weighted by Gasteiger charge is -2.12. The van der Waals surface area contributed by atoms with Crippen LogP contribution in [0.4, 0.5) is 0 Å². The lowest BCUT2D eigenvalue weighted by atomic mass is 10.3. The average Bonchev–Trinajstić information content (AvgIpc) is 2.11. The van der Waals surface area contributed by atoms with Crippen LogP contribution in [0.3, 0.4) is 0 Å². The summed E-state index contributed by atoms with van der Waals surface area (Å²) in [6.07, 6.45) is 0. The van der Waals surface area contributed by atoms with Crippen molar-refractivity contribution >= 4 is 11.8 Å². The molecule has 5 heteroatoms. The highest BCUT2D eigenvalue weighted by Gasteiger charge is 2.11. The van der Waals surface area contributed by atoms with Gasteiger partial charge in [0.1, 0.15) is 0 Å². The maximum absolute atomic E-state index is 11.2. The predicted molar refractivity (Wildman–Crippen MR) is 54.8 cm³/mol. The van der Waals surface area contributed by atoms with Gasteiger partial charge in [-0.15, -0.1) is 0 Å². The Bertz CT molecular complexity index is 204. The molecule has 0 saturated heterocycles. The minimum absolute atomic E-state index is 0.0308. The van der Waals surface area contributed by atoms with E-state index in [-0.39, 0.29) is 30.4 Å². The molecule has 0 rings (SSSR count). The van der Waals surface area contributed by atoms with Crippen LogP contribution in [0.25, 0.3) is 0 Å². The van der Waals surface area contributed by atoms with Crippen molar-refractivity contribution in [3.8, 4) is 0 Å². The molecule has 0 fully saturated rings. The van der Waals surface area contributed by atoms with E-state index >= 15 is 0 Å². The Morgan fingerprint density at radius 2 is 1.79 bits per heavy atom. The van der Waals surface area contributed by atoms with Gasteiger partial charge in [0.25, 0.3) is 0 Å². The van der Waals surface area contributed by atoms with Gasteiger partial charge < -0.3 is 16.0 Å². The largest absolute Gasteiger partial charge is 0.352 e. The molecular weight excluding hydrogens is 182 g/mol. The van der Waals surface area contributed by atoms with Crippen LogP contribution in [0, 0.1) is 0 Å². The van der Waals surface area contributed by atoms with Gasteiger partial charge in [0, 0.05) is 6.04 Å². The Labute approximate surface area is 84.6 Å². The van der Waals surface area contributed by atoms with E-state index in [1.165, 1.54) is 0 Å². The number of carbonyl (C=O) groups is 2. The van der Waals surface area contributed by atoms with Crippen molar-refractivity contribution in [3.05, 3.63) is 0 Å². The molecular formula is C9H19N3O2. The van der Waals surface area contributed by atoms with Crippen LogP contribution < -0.4 is 16.0 Å². The second-order valence-corrected chi connectivity index (χ2v) is 3.45. The summed E-state index contributed by atoms with van der Waals surface area (Å²) in [5, 5.41) is 7.99. The molecule has 1 atom stereocenters. The van der Waals surface area contributed by atoms with E-state index in [4.69, 9.17) is 0 Å². The average molecular weight is 201 g/mol. The Balaban J connectivity index is 3.72. The molecule has 0 aromatic rings. The fraction of sp³-hybridized carbons (Fsp3) is 0.778. The topological polar surface area (TPSA) is 70.2 Å². The first-order valence-electron chi connectivity index (χ1n) is 4.71. The summed E-state index contributed by atoms with van der Waals surface area (Å²) < 4.78 is 0. The lowest BCUT2D eigenvalue weighted by Crippen LogP contribution is -2.45. The van der Waals surface area contributed by atoms with E-state index in [0.717, 1.165) is 0 Å². The van der Waals surface area contributed by atoms with Crippen LogP contribution >= 0.6 is 0 Å². The zero-order valence-electron chi connectivity index (χ0n) is 9.18. The van der Waals surface area contributed by atoms with Gasteiger partial charge in [0.05, 0.1) is 12.6 Å². The predicted octanol–water partition coefficient (Wildman–Crippen LogP) is -0.765. The van der Waals surface area contributed by atoms with Crippen molar-refractivity contribution in [3.63, 3.8) is 0 Å². The van der Waals surface area contributed by atoms with Crippen LogP contribution in [-0.4, -0.2) is 37.5 Å². The number of hydrogen-bond donors (Lipinski definition) is 3. The van der Waals surface area contributed by atoms with Crippen LogP contribution in [0.1, 0.15) is 20.8 Å². The molecule has 0 saturated carbocycles. The number of carbonyl (C=O) groups excluding carboxylic acids is 2. The molecule has 14 heavy (non-hydrogen) atoms. The zero-order valence-corrected chi connectivity index (χ0v) is 9.18. The third-order valence-corrected chi connectivity index (χ3v) is 1.70. The van der Waals surface area contributed by atoms with Crippen LogP contribution in [0.2, 0.25) is 0 Å². The lowest BCUT2D eigenvalue weighted by molar-refractivity contribution is -0.127. The standard InChI is InChI=1S/C9H19N3O2/c1-6(2)12-8(13)5-11-9(14)7(3)10-4/h6-7,10H,5H2,1-4H3,(H,11,14)(H,12,13). The van der Waals surface area contributed by atoms with Gasteiger partial charge in [-0.3, -0.25) is 9.59 Å². The third-order valence-electron chi connectivity index (χ3n) is 1.70. The second-order valence-electron chi connectivity index (χ2n) is 3.45. The number of rotatable bonds is 5. The first-order chi connectivity index (χ1) is 6.47. The Kier molecular flexibility index (Phi) is 5.87. The number of likely N-dealkylation sites (N-methyl/N-ethyl adjacent to an activating group) is 1. The minimum atomic E-state index is -0.276. The Morgan fingerprint density at radius 3 is 2.21 bits per heavy atom. The third kappa shape index (κ3) is 5.53. The number of amides is 2. The monoisotopic (exact) mass is 201 g/mol. The number of hydrogen-bond acceptors (Lipinski definition) is 3. The van der Waals surface area contributed by atoms with Crippen LogP contribution in [0.15, 0.2) is 0 Å². The van der Waals surface area contributed by atoms with Crippen molar-refractivity contribution in [1.82, 2.24) is 16.0 Å². The highest BCUT2D eigenvalue weighted by molar-refractivity contribution is 5.87. The quantitative estimate of drug-likeness (QED) is 0.547. The molecule has 0 aliphatic carbocycles. The van der Waals surface area contributed by atoms with E-state index in [0.29, 0.717) is 0 Å². The molecule has 0 aromatic carbocycles. The molecule has 1 unspecified atom stereocenters. The maximum Gasteiger partial charge on any atom is 0.239 e. The van der Waals surface area contributed by atoms with E-state index < -0.39 is 0 Å². The molecule has 82 valence electrons. The normalized spacial score (nSPS) is 12.4. The molecule has 0 radical (unpaired) electrons. The fourth-order valence-electron chi connectivity index (χ4n) is 0.825. The van der Waals surface area contributed by atoms with E-state index in [2.05, 4.69) is 16.0 Å². The van der Waals surface area contributed by atoms with E-state index in [9.17, 15) is 9.59 Å². The second kappa shape index (κ2) is 6.37. The summed E-state index contributed by atoms with van der Waals surface area (Å²) in [4.78, 5) is 22.3. The Hall–Kier alpha value is -1.10. The van der Waals surface area contributed by atoms with Gasteiger partial charge >= 0.3 is 0 Å². The summed E-state index contributed by atoms with van der Waals surface area (Å²) in [5.74, 6) is -0.344. The minimum Gasteiger partial charge on any atom is -0.352 e. The van der Waals surface area contributed by atoms with E-state index in [1.807, 2.05) is 13.8 Å². The van der Waals surface area contributed by atoms with E-state index in [1.54, 1.807) is 14.0 Å². The van der Waals surface area contributed by atoms with Crippen molar-refractivity contribution in [2.75, 3.05) is 13.6 Å². The summed E-state index contributed by atoms with van der Waals surface area (Å²) in [5.41, 5.74) is 0. The van der Waals surface area contributed by atoms with Gasteiger partial charge in [-0.05, 0) is 27.8 Å². The molecule has 0 bridgehead atoms. The van der Waals surface area contributed by atoms with Crippen molar-refractivity contribution < 1.29 is 9.59 Å². The first kappa shape index (κ1) is 12.9. The Morgan fingerprint density at radius 1 is 1.21 bits per heavy atom.